The number of ether oxygens (including phenoxy) is 2. The molecule has 2 saturated heterocycles. The van der Waals surface area contributed by atoms with Crippen molar-refractivity contribution in [1.82, 2.24) is 9.80 Å². The summed E-state index contributed by atoms with van der Waals surface area (Å²) in [6.45, 7) is 5.16. The van der Waals surface area contributed by atoms with Gasteiger partial charge in [0.15, 0.2) is 11.6 Å². The van der Waals surface area contributed by atoms with Crippen LogP contribution in [0.15, 0.2) is 36.4 Å². The Labute approximate surface area is 235 Å². The maximum atomic E-state index is 15.4. The Kier molecular flexibility index (Phi) is 8.83. The number of hydrogen-bond acceptors (Lipinski definition) is 6. The molecule has 5 rings (SSSR count). The van der Waals surface area contributed by atoms with Crippen LogP contribution < -0.4 is 4.74 Å². The van der Waals surface area contributed by atoms with Crippen LogP contribution in [-0.4, -0.2) is 88.8 Å². The van der Waals surface area contributed by atoms with Crippen molar-refractivity contribution in [2.24, 2.45) is 5.92 Å². The van der Waals surface area contributed by atoms with Gasteiger partial charge in [-0.05, 0) is 69.1 Å². The van der Waals surface area contributed by atoms with Gasteiger partial charge in [0.05, 0.1) is 24.2 Å². The molecule has 3 heterocycles. The fraction of sp³-hybridized carbons (Fsp3) is 0.586. The zero-order valence-corrected chi connectivity index (χ0v) is 24.0. The van der Waals surface area contributed by atoms with E-state index >= 15 is 4.39 Å². The van der Waals surface area contributed by atoms with Gasteiger partial charge in [0.1, 0.15) is 15.7 Å². The highest BCUT2D eigenvalue weighted by Crippen LogP contribution is 2.52. The maximum Gasteiger partial charge on any atom is 0.165 e. The molecule has 0 saturated carbocycles. The van der Waals surface area contributed by atoms with E-state index in [1.165, 1.54) is 0 Å². The topological polar surface area (TPSA) is 59.1 Å². The molecule has 2 fully saturated rings. The zero-order valence-electron chi connectivity index (χ0n) is 22.4. The SMILES string of the molecule is CN1CCN(CCCS(=O)(=O)CC[C@@H]2OCC[C@@]3(Cc4ccc(Cl)cc4)c4c(F)ccc(F)c4OC[C@@H]23)CC1. The summed E-state index contributed by atoms with van der Waals surface area (Å²) in [7, 11) is -1.20. The Bertz CT molecular complexity index is 1250. The van der Waals surface area contributed by atoms with Crippen LogP contribution >= 0.6 is 11.6 Å². The molecule has 0 radical (unpaired) electrons. The Morgan fingerprint density at radius 3 is 2.49 bits per heavy atom. The van der Waals surface area contributed by atoms with E-state index < -0.39 is 33.0 Å². The van der Waals surface area contributed by atoms with Crippen molar-refractivity contribution in [3.05, 3.63) is 64.2 Å². The number of sulfone groups is 1. The van der Waals surface area contributed by atoms with Crippen LogP contribution in [0.2, 0.25) is 5.02 Å². The highest BCUT2D eigenvalue weighted by molar-refractivity contribution is 7.91. The molecule has 0 aliphatic carbocycles. The van der Waals surface area contributed by atoms with Crippen molar-refractivity contribution in [2.75, 3.05) is 64.5 Å². The Balaban J connectivity index is 1.32. The van der Waals surface area contributed by atoms with Crippen LogP contribution in [0.4, 0.5) is 8.78 Å². The molecule has 10 heteroatoms. The second-order valence-electron chi connectivity index (χ2n) is 11.2. The molecule has 3 aliphatic heterocycles. The van der Waals surface area contributed by atoms with E-state index in [-0.39, 0.29) is 35.3 Å². The first-order valence-electron chi connectivity index (χ1n) is 13.8. The van der Waals surface area contributed by atoms with Crippen LogP contribution in [0.3, 0.4) is 0 Å². The van der Waals surface area contributed by atoms with Gasteiger partial charge in [-0.15, -0.1) is 0 Å². The molecule has 6 nitrogen and oxygen atoms in total. The van der Waals surface area contributed by atoms with E-state index in [9.17, 15) is 12.8 Å². The molecule has 0 bridgehead atoms. The van der Waals surface area contributed by atoms with Crippen molar-refractivity contribution < 1.29 is 26.7 Å². The van der Waals surface area contributed by atoms with Crippen molar-refractivity contribution in [3.63, 3.8) is 0 Å². The van der Waals surface area contributed by atoms with Crippen molar-refractivity contribution in [3.8, 4) is 5.75 Å². The molecule has 39 heavy (non-hydrogen) atoms. The number of fused-ring (bicyclic) bond motifs is 3. The third-order valence-electron chi connectivity index (χ3n) is 8.67. The third kappa shape index (κ3) is 6.43. The van der Waals surface area contributed by atoms with E-state index in [0.717, 1.165) is 50.4 Å². The molecule has 0 N–H and O–H groups in total. The standard InChI is InChI=1S/C29H37ClF2N2O4S/c1-33-12-14-34(15-13-33)11-2-17-39(35,36)18-9-26-23-20-38-28-25(32)8-7-24(31)27(28)29(23,10-16-37-26)19-21-3-5-22(30)6-4-21/h3-8,23,26H,2,9-20H2,1H3/t23-,26-,29-/m0/s1. The smallest absolute Gasteiger partial charge is 0.165 e. The van der Waals surface area contributed by atoms with Gasteiger partial charge in [-0.25, -0.2) is 17.2 Å². The van der Waals surface area contributed by atoms with Crippen LogP contribution in [0.25, 0.3) is 0 Å². The Morgan fingerprint density at radius 1 is 1.03 bits per heavy atom. The van der Waals surface area contributed by atoms with E-state index in [1.807, 2.05) is 12.1 Å². The number of nitrogens with zero attached hydrogens (tertiary/aromatic N) is 2. The molecule has 3 aliphatic rings. The summed E-state index contributed by atoms with van der Waals surface area (Å²) in [6, 6.07) is 9.62. The Morgan fingerprint density at radius 2 is 1.74 bits per heavy atom. The number of piperazine rings is 1. The first-order chi connectivity index (χ1) is 18.7. The number of benzene rings is 2. The van der Waals surface area contributed by atoms with Gasteiger partial charge >= 0.3 is 0 Å². The highest BCUT2D eigenvalue weighted by Gasteiger charge is 2.53. The summed E-state index contributed by atoms with van der Waals surface area (Å²) in [5.41, 5.74) is 0.386. The minimum Gasteiger partial charge on any atom is -0.490 e. The predicted octanol–water partition coefficient (Wildman–Crippen LogP) is 4.34. The summed E-state index contributed by atoms with van der Waals surface area (Å²) in [5, 5.41) is 0.597. The second kappa shape index (κ2) is 12.0. The molecule has 0 aromatic heterocycles. The minimum absolute atomic E-state index is 0.00752. The molecule has 2 aromatic rings. The number of likely N-dealkylation sites (N-methyl/N-ethyl adjacent to an activating group) is 1. The normalized spacial score (nSPS) is 26.1. The summed E-state index contributed by atoms with van der Waals surface area (Å²) in [6.07, 6.45) is 1.37. The van der Waals surface area contributed by atoms with Crippen LogP contribution in [0.1, 0.15) is 30.4 Å². The van der Waals surface area contributed by atoms with Crippen LogP contribution in [0, 0.1) is 17.6 Å². The van der Waals surface area contributed by atoms with Gasteiger partial charge in [0, 0.05) is 54.7 Å². The molecule has 0 amide bonds. The van der Waals surface area contributed by atoms with Gasteiger partial charge in [0.25, 0.3) is 0 Å². The van der Waals surface area contributed by atoms with Crippen molar-refractivity contribution in [1.29, 1.82) is 0 Å². The lowest BCUT2D eigenvalue weighted by atomic mass is 9.60. The first-order valence-corrected chi connectivity index (χ1v) is 16.0. The van der Waals surface area contributed by atoms with Gasteiger partial charge in [-0.2, -0.15) is 0 Å². The van der Waals surface area contributed by atoms with E-state index in [2.05, 4.69) is 16.8 Å². The Hall–Kier alpha value is -1.78. The number of hydrogen-bond donors (Lipinski definition) is 0. The summed E-state index contributed by atoms with van der Waals surface area (Å²) < 4.78 is 68.2. The average Bonchev–Trinajstić information content (AvgIpc) is 2.91. The molecule has 0 spiro atoms. The number of rotatable bonds is 9. The number of halogens is 3. The average molecular weight is 583 g/mol. The largest absolute Gasteiger partial charge is 0.490 e. The van der Waals surface area contributed by atoms with E-state index in [0.29, 0.717) is 37.3 Å². The zero-order chi connectivity index (χ0) is 27.6. The van der Waals surface area contributed by atoms with Gasteiger partial charge in [-0.1, -0.05) is 23.7 Å². The monoisotopic (exact) mass is 582 g/mol. The van der Waals surface area contributed by atoms with Crippen LogP contribution in [-0.2, 0) is 26.4 Å². The molecule has 214 valence electrons. The van der Waals surface area contributed by atoms with Gasteiger partial charge < -0.3 is 19.3 Å². The predicted molar refractivity (Wildman–Crippen MR) is 148 cm³/mol. The lowest BCUT2D eigenvalue weighted by Crippen LogP contribution is -2.55. The van der Waals surface area contributed by atoms with Crippen molar-refractivity contribution >= 4 is 21.4 Å². The lowest BCUT2D eigenvalue weighted by Gasteiger charge is -2.51. The summed E-state index contributed by atoms with van der Waals surface area (Å²) >= 11 is 6.10. The maximum absolute atomic E-state index is 15.4. The molecule has 2 aromatic carbocycles. The summed E-state index contributed by atoms with van der Waals surface area (Å²) in [4.78, 5) is 4.59. The first kappa shape index (κ1) is 28.7. The lowest BCUT2D eigenvalue weighted by molar-refractivity contribution is -0.0963. The molecule has 3 atom stereocenters. The molecule has 0 unspecified atom stereocenters. The summed E-state index contributed by atoms with van der Waals surface area (Å²) in [5.74, 6) is -1.35. The van der Waals surface area contributed by atoms with E-state index in [4.69, 9.17) is 21.1 Å². The fourth-order valence-corrected chi connectivity index (χ4v) is 7.97. The van der Waals surface area contributed by atoms with Gasteiger partial charge in [-0.3, -0.25) is 0 Å². The second-order valence-corrected chi connectivity index (χ2v) is 13.9. The quantitative estimate of drug-likeness (QED) is 0.438. The van der Waals surface area contributed by atoms with Crippen LogP contribution in [0.5, 0.6) is 5.75 Å². The highest BCUT2D eigenvalue weighted by atomic mass is 35.5. The minimum atomic E-state index is -3.30. The van der Waals surface area contributed by atoms with Gasteiger partial charge in [0.2, 0.25) is 0 Å². The van der Waals surface area contributed by atoms with Crippen molar-refractivity contribution in [2.45, 2.75) is 37.2 Å². The molecular weight excluding hydrogens is 546 g/mol. The third-order valence-corrected chi connectivity index (χ3v) is 10.7. The molecular formula is C29H37ClF2N2O4S. The fourth-order valence-electron chi connectivity index (χ4n) is 6.47. The van der Waals surface area contributed by atoms with E-state index in [1.54, 1.807) is 12.1 Å².